The third kappa shape index (κ3) is 15.8. The maximum atomic E-state index is 13.0. The summed E-state index contributed by atoms with van der Waals surface area (Å²) in [5, 5.41) is 0. The molecule has 0 aliphatic heterocycles. The first-order valence-corrected chi connectivity index (χ1v) is 31.3. The quantitative estimate of drug-likeness (QED) is 0.0277. The van der Waals surface area contributed by atoms with E-state index in [-0.39, 0.29) is 88.9 Å². The van der Waals surface area contributed by atoms with Gasteiger partial charge in [-0.3, -0.25) is 0 Å². The van der Waals surface area contributed by atoms with Crippen LogP contribution < -0.4 is 42.6 Å². The predicted molar refractivity (Wildman–Crippen MR) is 358 cm³/mol. The molecular weight excluding hydrogens is 1300 g/mol. The van der Waals surface area contributed by atoms with Crippen molar-refractivity contribution in [1.82, 2.24) is 0 Å². The molecule has 0 saturated heterocycles. The first-order valence-electron chi connectivity index (χ1n) is 31.3. The number of hydrogen-bond donors (Lipinski definition) is 0. The van der Waals surface area contributed by atoms with E-state index in [0.29, 0.717) is 33.9 Å². The molecule has 13 aromatic rings. The number of benzene rings is 7. The van der Waals surface area contributed by atoms with Crippen molar-refractivity contribution >= 4 is 35.8 Å². The topological polar surface area (TPSA) is 264 Å². The fraction of sp³-hybridized carbons (Fsp3) is 0.100. The fourth-order valence-electron chi connectivity index (χ4n) is 10.9. The second-order valence-electron chi connectivity index (χ2n) is 23.4. The van der Waals surface area contributed by atoms with Crippen molar-refractivity contribution in [2.75, 3.05) is 0 Å². The van der Waals surface area contributed by atoms with Crippen LogP contribution in [0.4, 0.5) is 0 Å². The molecule has 0 unspecified atom stereocenters. The minimum Gasteiger partial charge on any atom is -0.489 e. The van der Waals surface area contributed by atoms with E-state index in [1.54, 1.807) is 72.8 Å². The molecule has 0 aliphatic carbocycles. The van der Waals surface area contributed by atoms with Crippen LogP contribution in [0.3, 0.4) is 0 Å². The fourth-order valence-corrected chi connectivity index (χ4v) is 10.9. The van der Waals surface area contributed by atoms with Gasteiger partial charge in [0.05, 0.1) is 37.6 Å². The molecule has 504 valence electrons. The minimum absolute atomic E-state index is 0.0130. The van der Waals surface area contributed by atoms with Crippen molar-refractivity contribution in [1.29, 1.82) is 0 Å². The van der Waals surface area contributed by atoms with Crippen LogP contribution in [0.5, 0.6) is 51.7 Å². The van der Waals surface area contributed by atoms with Gasteiger partial charge in [0.25, 0.3) is 0 Å². The molecule has 0 bridgehead atoms. The number of hydrogen-bond acceptors (Lipinski definition) is 21. The third-order valence-corrected chi connectivity index (χ3v) is 16.3. The van der Waals surface area contributed by atoms with Crippen LogP contribution in [-0.4, -0.2) is 35.8 Å². The number of ether oxygens (including phenoxy) is 9. The molecule has 13 rings (SSSR count). The van der Waals surface area contributed by atoms with Crippen molar-refractivity contribution < 1.29 is 97.9 Å². The van der Waals surface area contributed by atoms with Crippen LogP contribution in [0, 0.1) is 0 Å². The molecule has 0 atom stereocenters. The SMILES string of the molecule is CC(C)(c1ccc(OCc2cc(OC(=O)c3ccco3)cc(OC(=O)c3ccco3)c2)cc1)c1ccc(C(C)(c2ccc(OCc3cc(OC(=O)c4ccco4)cc(OC(=O)c4ccco4)c3)cc2)c2ccc(OCc3cc(OC(=O)c4ccco4)cc(OC(=O)c4ccco4)c3)cc2)cc1. The van der Waals surface area contributed by atoms with Crippen molar-refractivity contribution in [2.45, 2.75) is 51.4 Å². The largest absolute Gasteiger partial charge is 0.489 e. The van der Waals surface area contributed by atoms with Crippen LogP contribution in [0.15, 0.2) is 289 Å². The lowest BCUT2D eigenvalue weighted by atomic mass is 9.70. The van der Waals surface area contributed by atoms with E-state index in [0.717, 1.165) is 27.8 Å². The molecule has 6 heterocycles. The lowest BCUT2D eigenvalue weighted by Gasteiger charge is -2.33. The highest BCUT2D eigenvalue weighted by Gasteiger charge is 2.33. The Kier molecular flexibility index (Phi) is 19.2. The number of furan rings is 6. The van der Waals surface area contributed by atoms with Crippen molar-refractivity contribution in [2.24, 2.45) is 0 Å². The Hall–Kier alpha value is -13.6. The summed E-state index contributed by atoms with van der Waals surface area (Å²) >= 11 is 0. The highest BCUT2D eigenvalue weighted by molar-refractivity contribution is 5.91. The molecule has 0 saturated carbocycles. The van der Waals surface area contributed by atoms with Gasteiger partial charge in [0.2, 0.25) is 34.6 Å². The van der Waals surface area contributed by atoms with E-state index in [1.807, 2.05) is 72.8 Å². The van der Waals surface area contributed by atoms with E-state index >= 15 is 0 Å². The van der Waals surface area contributed by atoms with E-state index in [1.165, 1.54) is 92.2 Å². The van der Waals surface area contributed by atoms with Gasteiger partial charge in [-0.25, -0.2) is 28.8 Å². The molecule has 0 radical (unpaired) electrons. The molecule has 101 heavy (non-hydrogen) atoms. The van der Waals surface area contributed by atoms with Gasteiger partial charge in [-0.1, -0.05) is 74.5 Å². The van der Waals surface area contributed by atoms with E-state index < -0.39 is 46.6 Å². The Labute approximate surface area is 575 Å². The molecule has 6 aromatic heterocycles. The molecule has 0 fully saturated rings. The molecule has 0 aliphatic rings. The normalized spacial score (nSPS) is 11.3. The van der Waals surface area contributed by atoms with E-state index in [9.17, 15) is 28.8 Å². The summed E-state index contributed by atoms with van der Waals surface area (Å²) in [7, 11) is 0. The Morgan fingerprint density at radius 2 is 0.455 bits per heavy atom. The minimum atomic E-state index is -0.820. The number of rotatable bonds is 26. The van der Waals surface area contributed by atoms with Gasteiger partial charge in [0, 0.05) is 29.0 Å². The Morgan fingerprint density at radius 3 is 0.663 bits per heavy atom. The van der Waals surface area contributed by atoms with Crippen LogP contribution in [-0.2, 0) is 30.7 Å². The van der Waals surface area contributed by atoms with Gasteiger partial charge in [-0.15, -0.1) is 0 Å². The monoisotopic (exact) mass is 1350 g/mol. The lowest BCUT2D eigenvalue weighted by molar-refractivity contribution is 0.0680. The summed E-state index contributed by atoms with van der Waals surface area (Å²) in [5.74, 6) is -2.66. The van der Waals surface area contributed by atoms with Crippen LogP contribution >= 0.6 is 0 Å². The summed E-state index contributed by atoms with van der Waals surface area (Å²) in [4.78, 5) is 77.7. The molecule has 21 heteroatoms. The standard InChI is InChI=1S/C80H58O21/c1-79(2,54-20-26-58(27-21-54)93-47-50-38-61(96-73(81)67-10-4-32-87-67)44-62(39-50)97-74(82)68-11-5-33-88-68)53-16-18-55(19-17-53)80(3,56-22-28-59(29-23-56)94-48-51-40-63(98-75(83)69-12-6-34-89-69)45-64(41-51)99-76(84)70-13-7-35-90-70)57-24-30-60(31-25-57)95-49-52-42-65(100-77(85)71-14-8-36-91-71)46-66(43-52)101-78(86)72-15-9-37-92-72/h4-46H,47-49H2,1-3H3. The smallest absolute Gasteiger partial charge is 0.379 e. The average molecular weight is 1360 g/mol. The highest BCUT2D eigenvalue weighted by Crippen LogP contribution is 2.43. The summed E-state index contributed by atoms with van der Waals surface area (Å²) in [6, 6.07) is 63.4. The molecule has 7 aromatic carbocycles. The zero-order valence-electron chi connectivity index (χ0n) is 54.0. The second kappa shape index (κ2) is 29.4. The van der Waals surface area contributed by atoms with Crippen LogP contribution in [0.2, 0.25) is 0 Å². The summed E-state index contributed by atoms with van der Waals surface area (Å²) in [6.45, 7) is 6.34. The Bertz CT molecular complexity index is 4600. The second-order valence-corrected chi connectivity index (χ2v) is 23.4. The first-order chi connectivity index (χ1) is 49.0. The van der Waals surface area contributed by atoms with E-state index in [4.69, 9.17) is 69.1 Å². The van der Waals surface area contributed by atoms with Crippen molar-refractivity contribution in [3.63, 3.8) is 0 Å². The van der Waals surface area contributed by atoms with Gasteiger partial charge in [0.1, 0.15) is 71.6 Å². The highest BCUT2D eigenvalue weighted by atomic mass is 16.6. The van der Waals surface area contributed by atoms with Crippen LogP contribution in [0.25, 0.3) is 0 Å². The lowest BCUT2D eigenvalue weighted by Crippen LogP contribution is -2.26. The Balaban J connectivity index is 0.749. The molecule has 0 amide bonds. The zero-order valence-corrected chi connectivity index (χ0v) is 54.0. The molecule has 21 nitrogen and oxygen atoms in total. The van der Waals surface area contributed by atoms with Crippen LogP contribution in [0.1, 0.15) is 129 Å². The number of carbonyl (C=O) groups excluding carboxylic acids is 6. The molecule has 0 spiro atoms. The van der Waals surface area contributed by atoms with Gasteiger partial charge in [0.15, 0.2) is 0 Å². The summed E-state index contributed by atoms with van der Waals surface area (Å²) in [5.41, 5.74) is 4.94. The molecule has 0 N–H and O–H groups in total. The Morgan fingerprint density at radius 1 is 0.257 bits per heavy atom. The summed E-state index contributed by atoms with van der Waals surface area (Å²) < 4.78 is 84.1. The van der Waals surface area contributed by atoms with Gasteiger partial charge in [-0.05, 0) is 197 Å². The maximum absolute atomic E-state index is 13.0. The average Bonchev–Trinajstić information content (AvgIpc) is 1.39. The molecular formula is C80H58O21. The first kappa shape index (κ1) is 66.1. The van der Waals surface area contributed by atoms with Gasteiger partial charge < -0.3 is 69.1 Å². The number of esters is 6. The van der Waals surface area contributed by atoms with Crippen molar-refractivity contribution in [3.8, 4) is 51.7 Å². The maximum Gasteiger partial charge on any atom is 0.379 e. The van der Waals surface area contributed by atoms with Crippen molar-refractivity contribution in [3.05, 3.63) is 341 Å². The summed E-state index contributed by atoms with van der Waals surface area (Å²) in [6.07, 6.45) is 8.10. The number of carbonyl (C=O) groups is 6. The van der Waals surface area contributed by atoms with E-state index in [2.05, 4.69) is 45.0 Å². The third-order valence-electron chi connectivity index (χ3n) is 16.3. The van der Waals surface area contributed by atoms with Gasteiger partial charge in [-0.2, -0.15) is 0 Å². The zero-order chi connectivity index (χ0) is 69.9. The predicted octanol–water partition coefficient (Wildman–Crippen LogP) is 17.0. The van der Waals surface area contributed by atoms with Gasteiger partial charge >= 0.3 is 35.8 Å².